The number of nitrogens with one attached hydrogen (secondary N) is 2. The fourth-order valence-corrected chi connectivity index (χ4v) is 1.89. The van der Waals surface area contributed by atoms with Gasteiger partial charge in [0, 0.05) is 18.4 Å². The van der Waals surface area contributed by atoms with E-state index in [-0.39, 0.29) is 18.7 Å². The third kappa shape index (κ3) is 1.58. The number of methoxy groups -OCH3 is 1. The fraction of sp³-hybridized carbons (Fsp3) is 0.857. The van der Waals surface area contributed by atoms with Crippen LogP contribution in [0.4, 0.5) is 4.79 Å². The summed E-state index contributed by atoms with van der Waals surface area (Å²) in [6, 6.07) is -0.316. The Morgan fingerprint density at radius 3 is 3.27 bits per heavy atom. The van der Waals surface area contributed by atoms with Gasteiger partial charge >= 0.3 is 6.03 Å². The third-order valence-corrected chi connectivity index (χ3v) is 2.58. The largest absolute Gasteiger partial charge is 0.354 e. The Morgan fingerprint density at radius 2 is 2.67 bits per heavy atom. The van der Waals surface area contributed by atoms with Crippen LogP contribution in [0.5, 0.6) is 0 Å². The molecule has 2 aliphatic rings. The van der Waals surface area contributed by atoms with Crippen LogP contribution < -0.4 is 10.6 Å². The van der Waals surface area contributed by atoms with Crippen molar-refractivity contribution in [1.82, 2.24) is 10.6 Å². The number of hydrogen-bond donors (Lipinski definition) is 2. The number of carbonyl (C=O) groups is 1. The molecule has 2 rings (SSSR count). The van der Waals surface area contributed by atoms with E-state index in [1.807, 2.05) is 0 Å². The zero-order chi connectivity index (χ0) is 10.9. The first-order valence-corrected chi connectivity index (χ1v) is 4.50. The monoisotopic (exact) mass is 213 g/mol. The Labute approximate surface area is 85.5 Å². The highest BCUT2D eigenvalue weighted by Crippen LogP contribution is 2.33. The lowest BCUT2D eigenvalue weighted by atomic mass is 10.1. The van der Waals surface area contributed by atoms with Gasteiger partial charge < -0.3 is 20.1 Å². The topological polar surface area (TPSA) is 108 Å². The highest BCUT2D eigenvalue weighted by Gasteiger charge is 2.55. The SMILES string of the molecule is CO[C@@]12C[C@H](CN=[N+]=[N-])O[C@@H]1NC(=O)N2. The minimum atomic E-state index is -0.827. The summed E-state index contributed by atoms with van der Waals surface area (Å²) in [5.41, 5.74) is 7.35. The number of amides is 2. The van der Waals surface area contributed by atoms with E-state index in [0.717, 1.165) is 0 Å². The van der Waals surface area contributed by atoms with E-state index in [2.05, 4.69) is 20.7 Å². The summed E-state index contributed by atoms with van der Waals surface area (Å²) in [6.07, 6.45) is -0.292. The number of urea groups is 1. The van der Waals surface area contributed by atoms with Crippen LogP contribution in [0.1, 0.15) is 6.42 Å². The molecule has 2 amide bonds. The normalized spacial score (nSPS) is 37.8. The number of fused-ring (bicyclic) bond motifs is 1. The van der Waals surface area contributed by atoms with E-state index in [9.17, 15) is 4.79 Å². The van der Waals surface area contributed by atoms with E-state index >= 15 is 0 Å². The van der Waals surface area contributed by atoms with Gasteiger partial charge in [0.05, 0.1) is 12.6 Å². The molecule has 2 N–H and O–H groups in total. The Bertz CT molecular complexity index is 329. The summed E-state index contributed by atoms with van der Waals surface area (Å²) < 4.78 is 10.7. The molecule has 2 heterocycles. The number of ether oxygens (including phenoxy) is 2. The van der Waals surface area contributed by atoms with Gasteiger partial charge in [0.1, 0.15) is 0 Å². The lowest BCUT2D eigenvalue weighted by Gasteiger charge is -2.23. The second-order valence-corrected chi connectivity index (χ2v) is 3.45. The molecule has 8 nitrogen and oxygen atoms in total. The summed E-state index contributed by atoms with van der Waals surface area (Å²) in [4.78, 5) is 13.7. The van der Waals surface area contributed by atoms with Gasteiger partial charge in [-0.05, 0) is 5.53 Å². The van der Waals surface area contributed by atoms with Crippen molar-refractivity contribution in [2.75, 3.05) is 13.7 Å². The maximum absolute atomic E-state index is 11.1. The van der Waals surface area contributed by atoms with Crippen molar-refractivity contribution in [2.45, 2.75) is 24.5 Å². The summed E-state index contributed by atoms with van der Waals surface area (Å²) in [6.45, 7) is 0.232. The highest BCUT2D eigenvalue weighted by molar-refractivity contribution is 5.77. The molecule has 0 bridgehead atoms. The van der Waals surface area contributed by atoms with Crippen molar-refractivity contribution in [3.63, 3.8) is 0 Å². The van der Waals surface area contributed by atoms with Crippen molar-refractivity contribution >= 4 is 6.03 Å². The summed E-state index contributed by atoms with van der Waals surface area (Å²) >= 11 is 0. The zero-order valence-electron chi connectivity index (χ0n) is 8.14. The predicted molar refractivity (Wildman–Crippen MR) is 48.7 cm³/mol. The second-order valence-electron chi connectivity index (χ2n) is 3.45. The number of rotatable bonds is 3. The van der Waals surface area contributed by atoms with Crippen LogP contribution in [-0.4, -0.2) is 37.7 Å². The van der Waals surface area contributed by atoms with E-state index in [0.29, 0.717) is 6.42 Å². The van der Waals surface area contributed by atoms with Gasteiger partial charge in [0.2, 0.25) is 0 Å². The number of azide groups is 1. The van der Waals surface area contributed by atoms with Crippen LogP contribution >= 0.6 is 0 Å². The van der Waals surface area contributed by atoms with E-state index in [1.54, 1.807) is 0 Å². The van der Waals surface area contributed by atoms with Gasteiger partial charge in [-0.25, -0.2) is 4.79 Å². The van der Waals surface area contributed by atoms with E-state index < -0.39 is 12.0 Å². The van der Waals surface area contributed by atoms with Crippen LogP contribution in [0.3, 0.4) is 0 Å². The number of carbonyl (C=O) groups excluding carboxylic acids is 1. The zero-order valence-corrected chi connectivity index (χ0v) is 8.14. The molecular weight excluding hydrogens is 202 g/mol. The predicted octanol–water partition coefficient (Wildman–Crippen LogP) is 0.0672. The van der Waals surface area contributed by atoms with Gasteiger partial charge in [-0.1, -0.05) is 5.11 Å². The van der Waals surface area contributed by atoms with Crippen LogP contribution in [0.25, 0.3) is 10.4 Å². The molecule has 0 radical (unpaired) electrons. The van der Waals surface area contributed by atoms with E-state index in [1.165, 1.54) is 7.11 Å². The molecule has 0 aromatic carbocycles. The molecule has 2 fully saturated rings. The minimum Gasteiger partial charge on any atom is -0.354 e. The van der Waals surface area contributed by atoms with Crippen molar-refractivity contribution in [3.8, 4) is 0 Å². The molecule has 8 heteroatoms. The highest BCUT2D eigenvalue weighted by atomic mass is 16.6. The molecule has 0 unspecified atom stereocenters. The number of nitrogens with zero attached hydrogens (tertiary/aromatic N) is 3. The Hall–Kier alpha value is -1.50. The molecule has 82 valence electrons. The molecule has 0 saturated carbocycles. The maximum atomic E-state index is 11.1. The summed E-state index contributed by atoms with van der Waals surface area (Å²) in [5, 5.41) is 8.66. The van der Waals surface area contributed by atoms with Gasteiger partial charge in [0.25, 0.3) is 0 Å². The Kier molecular flexibility index (Phi) is 2.39. The molecule has 0 aromatic heterocycles. The van der Waals surface area contributed by atoms with Crippen LogP contribution in [-0.2, 0) is 9.47 Å². The summed E-state index contributed by atoms with van der Waals surface area (Å²) in [7, 11) is 1.50. The second kappa shape index (κ2) is 3.58. The standard InChI is InChI=1S/C7H11N5O3/c1-14-7-2-4(3-9-12-8)15-5(7)10-6(13)11-7/h4-5H,2-3H2,1H3,(H2,10,11,13)/t4-,5+,7+/m1/s1. The van der Waals surface area contributed by atoms with Crippen molar-refractivity contribution in [2.24, 2.45) is 5.11 Å². The van der Waals surface area contributed by atoms with E-state index in [4.69, 9.17) is 15.0 Å². The first kappa shape index (κ1) is 10.0. The maximum Gasteiger partial charge on any atom is 0.319 e. The average molecular weight is 213 g/mol. The molecule has 2 aliphatic heterocycles. The molecule has 0 spiro atoms. The molecule has 2 saturated heterocycles. The van der Waals surface area contributed by atoms with Gasteiger partial charge in [0.15, 0.2) is 12.0 Å². The molecular formula is C7H11N5O3. The first-order chi connectivity index (χ1) is 7.20. The first-order valence-electron chi connectivity index (χ1n) is 4.50. The number of hydrogen-bond acceptors (Lipinski definition) is 4. The fourth-order valence-electron chi connectivity index (χ4n) is 1.89. The molecule has 15 heavy (non-hydrogen) atoms. The van der Waals surface area contributed by atoms with Crippen LogP contribution in [0.2, 0.25) is 0 Å². The summed E-state index contributed by atoms with van der Waals surface area (Å²) in [5.74, 6) is 0. The van der Waals surface area contributed by atoms with Crippen LogP contribution in [0, 0.1) is 0 Å². The minimum absolute atomic E-state index is 0.232. The van der Waals surface area contributed by atoms with Crippen molar-refractivity contribution < 1.29 is 14.3 Å². The lowest BCUT2D eigenvalue weighted by molar-refractivity contribution is -0.0720. The van der Waals surface area contributed by atoms with Gasteiger partial charge in [-0.2, -0.15) is 0 Å². The molecule has 0 aliphatic carbocycles. The molecule has 0 aromatic rings. The van der Waals surface area contributed by atoms with Crippen LogP contribution in [0.15, 0.2) is 5.11 Å². The Balaban J connectivity index is 2.06. The molecule has 3 atom stereocenters. The van der Waals surface area contributed by atoms with Gasteiger partial charge in [-0.3, -0.25) is 0 Å². The Morgan fingerprint density at radius 1 is 1.87 bits per heavy atom. The van der Waals surface area contributed by atoms with Crippen molar-refractivity contribution in [1.29, 1.82) is 0 Å². The van der Waals surface area contributed by atoms with Crippen molar-refractivity contribution in [3.05, 3.63) is 10.4 Å². The quantitative estimate of drug-likeness (QED) is 0.393. The van der Waals surface area contributed by atoms with Gasteiger partial charge in [-0.15, -0.1) is 0 Å². The third-order valence-electron chi connectivity index (χ3n) is 2.58. The lowest BCUT2D eigenvalue weighted by Crippen LogP contribution is -2.47. The average Bonchev–Trinajstić information content (AvgIpc) is 2.67. The smallest absolute Gasteiger partial charge is 0.319 e.